The summed E-state index contributed by atoms with van der Waals surface area (Å²) in [6, 6.07) is 6.92. The van der Waals surface area contributed by atoms with Crippen molar-refractivity contribution in [2.45, 2.75) is 31.5 Å². The number of nitrogens with zero attached hydrogens (tertiary/aromatic N) is 1. The highest BCUT2D eigenvalue weighted by atomic mass is 35.5. The Morgan fingerprint density at radius 1 is 1.50 bits per heavy atom. The van der Waals surface area contributed by atoms with Gasteiger partial charge in [-0.1, -0.05) is 17.7 Å². The minimum atomic E-state index is -0.821. The van der Waals surface area contributed by atoms with E-state index in [9.17, 15) is 9.90 Å². The van der Waals surface area contributed by atoms with Crippen LogP contribution in [0.4, 0.5) is 0 Å². The van der Waals surface area contributed by atoms with Crippen LogP contribution < -0.4 is 10.1 Å². The maximum absolute atomic E-state index is 12.1. The molecule has 0 aromatic heterocycles. The van der Waals surface area contributed by atoms with E-state index in [2.05, 4.69) is 10.2 Å². The molecule has 0 bridgehead atoms. The van der Waals surface area contributed by atoms with E-state index in [0.717, 1.165) is 13.1 Å². The molecule has 1 aliphatic rings. The summed E-state index contributed by atoms with van der Waals surface area (Å²) in [5.41, 5.74) is -0.821. The normalized spacial score (nSPS) is 19.5. The Labute approximate surface area is 136 Å². The van der Waals surface area contributed by atoms with Gasteiger partial charge in [0.25, 0.3) is 5.91 Å². The molecule has 1 saturated heterocycles. The Bertz CT molecular complexity index is 516. The van der Waals surface area contributed by atoms with E-state index in [1.54, 1.807) is 31.2 Å². The largest absolute Gasteiger partial charge is 0.481 e. The lowest BCUT2D eigenvalue weighted by atomic mass is 9.91. The molecule has 0 aliphatic carbocycles. The summed E-state index contributed by atoms with van der Waals surface area (Å²) in [6.07, 6.45) is 0.675. The first-order chi connectivity index (χ1) is 10.4. The second-order valence-corrected chi connectivity index (χ2v) is 6.40. The highest BCUT2D eigenvalue weighted by Gasteiger charge is 2.32. The Kier molecular flexibility index (Phi) is 5.67. The molecule has 1 fully saturated rings. The number of amides is 1. The first-order valence-corrected chi connectivity index (χ1v) is 7.87. The molecule has 1 heterocycles. The van der Waals surface area contributed by atoms with Crippen molar-refractivity contribution >= 4 is 17.5 Å². The zero-order valence-electron chi connectivity index (χ0n) is 13.0. The Hall–Kier alpha value is -1.30. The van der Waals surface area contributed by atoms with Crippen molar-refractivity contribution < 1.29 is 14.6 Å². The van der Waals surface area contributed by atoms with Crippen molar-refractivity contribution in [3.8, 4) is 5.75 Å². The number of halogens is 1. The SMILES string of the molecule is CC(Oc1cccc(Cl)c1)C(=O)NCC1(O)CCN(C)CC1. The third kappa shape index (κ3) is 4.87. The fourth-order valence-electron chi connectivity index (χ4n) is 2.40. The highest BCUT2D eigenvalue weighted by molar-refractivity contribution is 6.30. The van der Waals surface area contributed by atoms with Crippen LogP contribution in [0, 0.1) is 0 Å². The van der Waals surface area contributed by atoms with E-state index in [0.29, 0.717) is 23.6 Å². The van der Waals surface area contributed by atoms with E-state index in [-0.39, 0.29) is 12.5 Å². The second kappa shape index (κ2) is 7.31. The summed E-state index contributed by atoms with van der Waals surface area (Å²) in [6.45, 7) is 3.60. The van der Waals surface area contributed by atoms with Crippen LogP contribution in [0.15, 0.2) is 24.3 Å². The van der Waals surface area contributed by atoms with E-state index in [1.807, 2.05) is 7.05 Å². The number of benzene rings is 1. The van der Waals surface area contributed by atoms with Crippen LogP contribution in [0.5, 0.6) is 5.75 Å². The number of hydrogen-bond acceptors (Lipinski definition) is 4. The van der Waals surface area contributed by atoms with Gasteiger partial charge in [0.1, 0.15) is 5.75 Å². The number of carbonyl (C=O) groups excluding carboxylic acids is 1. The molecule has 22 heavy (non-hydrogen) atoms. The minimum Gasteiger partial charge on any atom is -0.481 e. The van der Waals surface area contributed by atoms with E-state index in [4.69, 9.17) is 16.3 Å². The van der Waals surface area contributed by atoms with Gasteiger partial charge in [-0.25, -0.2) is 0 Å². The number of rotatable bonds is 5. The van der Waals surface area contributed by atoms with Crippen LogP contribution in [-0.4, -0.2) is 54.3 Å². The maximum Gasteiger partial charge on any atom is 0.260 e. The lowest BCUT2D eigenvalue weighted by Gasteiger charge is -2.36. The lowest BCUT2D eigenvalue weighted by Crippen LogP contribution is -2.51. The zero-order valence-corrected chi connectivity index (χ0v) is 13.8. The summed E-state index contributed by atoms with van der Waals surface area (Å²) in [5, 5.41) is 13.8. The highest BCUT2D eigenvalue weighted by Crippen LogP contribution is 2.21. The van der Waals surface area contributed by atoms with Crippen LogP contribution in [0.1, 0.15) is 19.8 Å². The first kappa shape index (κ1) is 17.1. The Morgan fingerprint density at radius 3 is 2.82 bits per heavy atom. The molecule has 1 atom stereocenters. The molecule has 1 aromatic carbocycles. The third-order valence-electron chi connectivity index (χ3n) is 3.99. The van der Waals surface area contributed by atoms with Crippen molar-refractivity contribution in [3.05, 3.63) is 29.3 Å². The van der Waals surface area contributed by atoms with Gasteiger partial charge in [-0.3, -0.25) is 4.79 Å². The molecular formula is C16H23ClN2O3. The number of likely N-dealkylation sites (tertiary alicyclic amines) is 1. The van der Waals surface area contributed by atoms with Gasteiger partial charge in [0, 0.05) is 24.7 Å². The molecule has 0 radical (unpaired) electrons. The minimum absolute atomic E-state index is 0.243. The fraction of sp³-hybridized carbons (Fsp3) is 0.562. The number of nitrogens with one attached hydrogen (secondary N) is 1. The number of piperidine rings is 1. The molecule has 122 valence electrons. The maximum atomic E-state index is 12.1. The molecule has 1 amide bonds. The van der Waals surface area contributed by atoms with Gasteiger partial charge in [0.15, 0.2) is 6.10 Å². The summed E-state index contributed by atoms with van der Waals surface area (Å²) < 4.78 is 5.56. The molecule has 1 unspecified atom stereocenters. The van der Waals surface area contributed by atoms with Crippen LogP contribution in [-0.2, 0) is 4.79 Å². The average Bonchev–Trinajstić information content (AvgIpc) is 2.48. The number of ether oxygens (including phenoxy) is 1. The summed E-state index contributed by atoms with van der Waals surface area (Å²) in [4.78, 5) is 14.3. The third-order valence-corrected chi connectivity index (χ3v) is 4.22. The Morgan fingerprint density at radius 2 is 2.18 bits per heavy atom. The molecule has 2 N–H and O–H groups in total. The smallest absolute Gasteiger partial charge is 0.260 e. The van der Waals surface area contributed by atoms with Crippen LogP contribution >= 0.6 is 11.6 Å². The van der Waals surface area contributed by atoms with Crippen LogP contribution in [0.2, 0.25) is 5.02 Å². The number of hydrogen-bond donors (Lipinski definition) is 2. The van der Waals surface area contributed by atoms with Crippen molar-refractivity contribution in [1.82, 2.24) is 10.2 Å². The van der Waals surface area contributed by atoms with Crippen molar-refractivity contribution in [2.24, 2.45) is 0 Å². The topological polar surface area (TPSA) is 61.8 Å². The quantitative estimate of drug-likeness (QED) is 0.864. The van der Waals surface area contributed by atoms with Gasteiger partial charge in [0.05, 0.1) is 5.60 Å². The monoisotopic (exact) mass is 326 g/mol. The van der Waals surface area contributed by atoms with E-state index >= 15 is 0 Å². The lowest BCUT2D eigenvalue weighted by molar-refractivity contribution is -0.129. The molecule has 5 nitrogen and oxygen atoms in total. The van der Waals surface area contributed by atoms with Crippen LogP contribution in [0.3, 0.4) is 0 Å². The van der Waals surface area contributed by atoms with Crippen LogP contribution in [0.25, 0.3) is 0 Å². The molecular weight excluding hydrogens is 304 g/mol. The average molecular weight is 327 g/mol. The standard InChI is InChI=1S/C16H23ClN2O3/c1-12(22-14-5-3-4-13(17)10-14)15(20)18-11-16(21)6-8-19(2)9-7-16/h3-5,10,12,21H,6-9,11H2,1-2H3,(H,18,20). The Balaban J connectivity index is 1.81. The fourth-order valence-corrected chi connectivity index (χ4v) is 2.59. The van der Waals surface area contributed by atoms with E-state index < -0.39 is 11.7 Å². The van der Waals surface area contributed by atoms with E-state index in [1.165, 1.54) is 0 Å². The van der Waals surface area contributed by atoms with Gasteiger partial charge in [-0.05, 0) is 45.0 Å². The van der Waals surface area contributed by atoms with Crippen molar-refractivity contribution in [3.63, 3.8) is 0 Å². The summed E-state index contributed by atoms with van der Waals surface area (Å²) >= 11 is 5.88. The molecule has 0 saturated carbocycles. The zero-order chi connectivity index (χ0) is 16.2. The molecule has 1 aliphatic heterocycles. The predicted octanol–water partition coefficient (Wildman–Crippen LogP) is 1.68. The van der Waals surface area contributed by atoms with Gasteiger partial charge in [-0.15, -0.1) is 0 Å². The van der Waals surface area contributed by atoms with Crippen molar-refractivity contribution in [1.29, 1.82) is 0 Å². The van der Waals surface area contributed by atoms with Crippen molar-refractivity contribution in [2.75, 3.05) is 26.7 Å². The first-order valence-electron chi connectivity index (χ1n) is 7.49. The molecule has 0 spiro atoms. The van der Waals surface area contributed by atoms with Gasteiger partial charge < -0.3 is 20.1 Å². The predicted molar refractivity (Wildman–Crippen MR) is 86.2 cm³/mol. The summed E-state index contributed by atoms with van der Waals surface area (Å²) in [5.74, 6) is 0.306. The molecule has 1 aromatic rings. The number of carbonyl (C=O) groups is 1. The van der Waals surface area contributed by atoms with Gasteiger partial charge in [-0.2, -0.15) is 0 Å². The van der Waals surface area contributed by atoms with Gasteiger partial charge >= 0.3 is 0 Å². The second-order valence-electron chi connectivity index (χ2n) is 5.96. The molecule has 2 rings (SSSR count). The number of aliphatic hydroxyl groups is 1. The van der Waals surface area contributed by atoms with Gasteiger partial charge in [0.2, 0.25) is 0 Å². The molecule has 6 heteroatoms. The summed E-state index contributed by atoms with van der Waals surface area (Å²) in [7, 11) is 2.03.